The van der Waals surface area contributed by atoms with Crippen molar-refractivity contribution in [1.82, 2.24) is 20.1 Å². The number of carbonyl (C=O) groups excluding carboxylic acids is 2. The molecule has 0 saturated heterocycles. The zero-order chi connectivity index (χ0) is 32.8. The van der Waals surface area contributed by atoms with Crippen LogP contribution in [-0.4, -0.2) is 64.8 Å². The molecule has 3 aliphatic rings. The number of alkyl carbamates (subject to hydrolysis) is 1. The SMILES string of the molecule is COc1ccc(C2CCC(CN(C(=O)C3CCC(OC(=O)NCCO)CC3)c3cc(-c4cnn(C5CC5)c4)ccn3)CC2)cc1C#N. The molecule has 3 saturated carbocycles. The molecule has 0 radical (unpaired) electrons. The average Bonchev–Trinajstić information content (AvgIpc) is 3.85. The fourth-order valence-electron chi connectivity index (χ4n) is 7.07. The number of hydrogen-bond donors (Lipinski definition) is 2. The Morgan fingerprint density at radius 1 is 1.04 bits per heavy atom. The first-order chi connectivity index (χ1) is 22.9. The second-order valence-electron chi connectivity index (χ2n) is 13.1. The number of benzene rings is 1. The molecule has 0 unspecified atom stereocenters. The van der Waals surface area contributed by atoms with Crippen LogP contribution >= 0.6 is 0 Å². The van der Waals surface area contributed by atoms with Gasteiger partial charge in [0.1, 0.15) is 23.7 Å². The van der Waals surface area contributed by atoms with Crippen molar-refractivity contribution in [2.45, 2.75) is 82.3 Å². The van der Waals surface area contributed by atoms with Crippen molar-refractivity contribution in [1.29, 1.82) is 5.26 Å². The number of aliphatic hydroxyl groups excluding tert-OH is 1. The summed E-state index contributed by atoms with van der Waals surface area (Å²) in [6, 6.07) is 12.6. The smallest absolute Gasteiger partial charge is 0.407 e. The number of hydrogen-bond acceptors (Lipinski definition) is 8. The molecule has 11 nitrogen and oxygen atoms in total. The van der Waals surface area contributed by atoms with Gasteiger partial charge in [0.25, 0.3) is 0 Å². The monoisotopic (exact) mass is 640 g/mol. The van der Waals surface area contributed by atoms with E-state index in [4.69, 9.17) is 19.6 Å². The molecule has 2 aromatic heterocycles. The highest BCUT2D eigenvalue weighted by Crippen LogP contribution is 2.39. The molecule has 3 aromatic rings. The third kappa shape index (κ3) is 7.93. The van der Waals surface area contributed by atoms with E-state index in [1.165, 1.54) is 5.56 Å². The lowest BCUT2D eigenvalue weighted by Gasteiger charge is -2.35. The Labute approximate surface area is 275 Å². The number of ether oxygens (including phenoxy) is 2. The van der Waals surface area contributed by atoms with Gasteiger partial charge in [-0.3, -0.25) is 14.4 Å². The molecule has 0 aliphatic heterocycles. The number of nitrogens with one attached hydrogen (secondary N) is 1. The van der Waals surface area contributed by atoms with Crippen LogP contribution in [0.3, 0.4) is 0 Å². The van der Waals surface area contributed by atoms with Crippen LogP contribution in [-0.2, 0) is 9.53 Å². The Kier molecular flexibility index (Phi) is 10.4. The van der Waals surface area contributed by atoms with E-state index in [1.807, 2.05) is 40.0 Å². The maximum atomic E-state index is 14.3. The summed E-state index contributed by atoms with van der Waals surface area (Å²) in [4.78, 5) is 32.9. The quantitative estimate of drug-likeness (QED) is 0.270. The van der Waals surface area contributed by atoms with Gasteiger partial charge in [-0.15, -0.1) is 0 Å². The molecule has 11 heteroatoms. The molecule has 6 rings (SSSR count). The summed E-state index contributed by atoms with van der Waals surface area (Å²) in [5.74, 6) is 1.83. The summed E-state index contributed by atoms with van der Waals surface area (Å²) in [6.07, 6.45) is 13.7. The number of nitrogens with zero attached hydrogens (tertiary/aromatic N) is 5. The van der Waals surface area contributed by atoms with Crippen LogP contribution < -0.4 is 15.0 Å². The summed E-state index contributed by atoms with van der Waals surface area (Å²) in [5, 5.41) is 25.6. The summed E-state index contributed by atoms with van der Waals surface area (Å²) in [7, 11) is 1.58. The lowest BCUT2D eigenvalue weighted by Crippen LogP contribution is -2.42. The highest BCUT2D eigenvalue weighted by molar-refractivity contribution is 5.94. The molecule has 1 aromatic carbocycles. The van der Waals surface area contributed by atoms with Gasteiger partial charge >= 0.3 is 6.09 Å². The number of aromatic nitrogens is 3. The molecular weight excluding hydrogens is 596 g/mol. The Balaban J connectivity index is 1.16. The molecular formula is C36H44N6O5. The molecule has 3 fully saturated rings. The van der Waals surface area contributed by atoms with E-state index in [9.17, 15) is 14.9 Å². The maximum Gasteiger partial charge on any atom is 0.407 e. The fraction of sp³-hybridized carbons (Fsp3) is 0.528. The van der Waals surface area contributed by atoms with Gasteiger partial charge in [-0.25, -0.2) is 9.78 Å². The highest BCUT2D eigenvalue weighted by atomic mass is 16.6. The molecule has 2 N–H and O–H groups in total. The largest absolute Gasteiger partial charge is 0.495 e. The van der Waals surface area contributed by atoms with E-state index in [2.05, 4.69) is 28.7 Å². The van der Waals surface area contributed by atoms with Gasteiger partial charge in [0.2, 0.25) is 5.91 Å². The van der Waals surface area contributed by atoms with Gasteiger partial charge in [0.05, 0.1) is 31.5 Å². The fourth-order valence-corrected chi connectivity index (χ4v) is 7.07. The van der Waals surface area contributed by atoms with E-state index in [-0.39, 0.29) is 31.1 Å². The van der Waals surface area contributed by atoms with Gasteiger partial charge in [-0.1, -0.05) is 6.07 Å². The van der Waals surface area contributed by atoms with Gasteiger partial charge in [0, 0.05) is 37.0 Å². The van der Waals surface area contributed by atoms with E-state index < -0.39 is 6.09 Å². The molecule has 2 heterocycles. The van der Waals surface area contributed by atoms with E-state index in [1.54, 1.807) is 13.3 Å². The number of aliphatic hydroxyl groups is 1. The Bertz CT molecular complexity index is 1580. The Hall–Kier alpha value is -4.43. The van der Waals surface area contributed by atoms with Crippen LogP contribution in [0.2, 0.25) is 0 Å². The van der Waals surface area contributed by atoms with Crippen molar-refractivity contribution < 1.29 is 24.2 Å². The van der Waals surface area contributed by atoms with E-state index >= 15 is 0 Å². The second kappa shape index (κ2) is 15.0. The minimum Gasteiger partial charge on any atom is -0.495 e. The normalized spacial score (nSPS) is 22.6. The predicted octanol–water partition coefficient (Wildman–Crippen LogP) is 5.74. The first kappa shape index (κ1) is 32.5. The van der Waals surface area contributed by atoms with E-state index in [0.29, 0.717) is 67.2 Å². The molecule has 47 heavy (non-hydrogen) atoms. The molecule has 2 amide bonds. The zero-order valence-electron chi connectivity index (χ0n) is 27.0. The second-order valence-corrected chi connectivity index (χ2v) is 13.1. The van der Waals surface area contributed by atoms with Crippen LogP contribution in [0.25, 0.3) is 11.1 Å². The number of methoxy groups -OCH3 is 1. The number of pyridine rings is 1. The third-order valence-corrected chi connectivity index (χ3v) is 9.93. The van der Waals surface area contributed by atoms with Crippen molar-refractivity contribution in [2.24, 2.45) is 11.8 Å². The molecule has 0 atom stereocenters. The summed E-state index contributed by atoms with van der Waals surface area (Å²) in [6.45, 7) is 0.600. The summed E-state index contributed by atoms with van der Waals surface area (Å²) in [5.41, 5.74) is 3.73. The first-order valence-electron chi connectivity index (χ1n) is 16.9. The van der Waals surface area contributed by atoms with Crippen molar-refractivity contribution >= 4 is 17.8 Å². The topological polar surface area (TPSA) is 143 Å². The molecule has 248 valence electrons. The molecule has 0 spiro atoms. The number of rotatable bonds is 11. The van der Waals surface area contributed by atoms with Crippen LogP contribution in [0, 0.1) is 23.2 Å². The van der Waals surface area contributed by atoms with Crippen molar-refractivity contribution in [2.75, 3.05) is 31.7 Å². The molecule has 3 aliphatic carbocycles. The minimum atomic E-state index is -0.532. The van der Waals surface area contributed by atoms with Crippen molar-refractivity contribution in [3.63, 3.8) is 0 Å². The number of anilines is 1. The standard InChI is InChI=1S/C36H44N6O5/c1-46-33-13-8-27(18-29(33)20-37)25-4-2-24(3-5-25)22-41(35(44)26-6-11-32(12-7-26)47-36(45)39-16-17-43)34-19-28(14-15-38-34)30-21-40-42(23-30)31-9-10-31/h8,13-15,18-19,21,23-26,31-32,43H,2-7,9-12,16-17,22H2,1H3,(H,39,45). The number of carbonyl (C=O) groups is 2. The van der Waals surface area contributed by atoms with E-state index in [0.717, 1.165) is 49.7 Å². The Morgan fingerprint density at radius 3 is 2.53 bits per heavy atom. The van der Waals surface area contributed by atoms with Crippen molar-refractivity contribution in [3.8, 4) is 22.9 Å². The maximum absolute atomic E-state index is 14.3. The van der Waals surface area contributed by atoms with Crippen molar-refractivity contribution in [3.05, 3.63) is 60.0 Å². The van der Waals surface area contributed by atoms with Gasteiger partial charge in [-0.05, 0) is 111 Å². The average molecular weight is 641 g/mol. The zero-order valence-corrected chi connectivity index (χ0v) is 27.0. The van der Waals surface area contributed by atoms with Gasteiger partial charge in [0.15, 0.2) is 0 Å². The van der Waals surface area contributed by atoms with Crippen LogP contribution in [0.5, 0.6) is 5.75 Å². The Morgan fingerprint density at radius 2 is 1.83 bits per heavy atom. The van der Waals surface area contributed by atoms with Gasteiger partial charge in [-0.2, -0.15) is 10.4 Å². The van der Waals surface area contributed by atoms with Crippen LogP contribution in [0.15, 0.2) is 48.9 Å². The summed E-state index contributed by atoms with van der Waals surface area (Å²) >= 11 is 0. The minimum absolute atomic E-state index is 0.0717. The lowest BCUT2D eigenvalue weighted by atomic mass is 9.78. The predicted molar refractivity (Wildman–Crippen MR) is 176 cm³/mol. The number of amides is 2. The van der Waals surface area contributed by atoms with Crippen LogP contribution in [0.1, 0.15) is 87.3 Å². The first-order valence-corrected chi connectivity index (χ1v) is 16.9. The third-order valence-electron chi connectivity index (χ3n) is 9.93. The number of nitriles is 1. The van der Waals surface area contributed by atoms with Gasteiger partial charge < -0.3 is 19.9 Å². The van der Waals surface area contributed by atoms with Crippen LogP contribution in [0.4, 0.5) is 10.6 Å². The summed E-state index contributed by atoms with van der Waals surface area (Å²) < 4.78 is 12.9. The lowest BCUT2D eigenvalue weighted by molar-refractivity contribution is -0.124. The highest BCUT2D eigenvalue weighted by Gasteiger charge is 2.34. The molecule has 0 bridgehead atoms.